The van der Waals surface area contributed by atoms with Gasteiger partial charge in [-0.25, -0.2) is 4.98 Å². The first-order valence-corrected chi connectivity index (χ1v) is 11.0. The second-order valence-corrected chi connectivity index (χ2v) is 7.90. The molecule has 0 atom stereocenters. The highest BCUT2D eigenvalue weighted by Gasteiger charge is 2.16. The van der Waals surface area contributed by atoms with Crippen molar-refractivity contribution in [1.82, 2.24) is 4.98 Å². The zero-order valence-electron chi connectivity index (χ0n) is 18.6. The van der Waals surface area contributed by atoms with Crippen LogP contribution in [0.15, 0.2) is 75.9 Å². The van der Waals surface area contributed by atoms with Crippen molar-refractivity contribution in [2.45, 2.75) is 13.8 Å². The van der Waals surface area contributed by atoms with Gasteiger partial charge >= 0.3 is 0 Å². The predicted octanol–water partition coefficient (Wildman–Crippen LogP) is 5.27. The molecule has 162 valence electrons. The summed E-state index contributed by atoms with van der Waals surface area (Å²) in [7, 11) is 0. The van der Waals surface area contributed by atoms with Crippen LogP contribution in [0.4, 0.5) is 11.4 Å². The van der Waals surface area contributed by atoms with Gasteiger partial charge in [-0.1, -0.05) is 17.9 Å². The van der Waals surface area contributed by atoms with Gasteiger partial charge in [0.15, 0.2) is 16.8 Å². The molecule has 0 saturated heterocycles. The van der Waals surface area contributed by atoms with Crippen LogP contribution in [0.1, 0.15) is 25.0 Å². The lowest BCUT2D eigenvalue weighted by atomic mass is 10.0. The standard InChI is InChI=1S/C28H23N3O2/c1-3-31(4-2)21-11-13-24-26(16-21)33-27-17-25(32)22-12-10-19(15-23(22)28(27)30-24)9-8-18-6-5-7-20(29)14-18/h5-7,10-17H,3-4,29H2,1-2H3. The Morgan fingerprint density at radius 3 is 2.45 bits per heavy atom. The molecule has 1 heterocycles. The second-order valence-electron chi connectivity index (χ2n) is 7.90. The van der Waals surface area contributed by atoms with Crippen LogP contribution in [0, 0.1) is 11.8 Å². The Morgan fingerprint density at radius 1 is 0.909 bits per heavy atom. The molecular weight excluding hydrogens is 410 g/mol. The van der Waals surface area contributed by atoms with Gasteiger partial charge in [0, 0.05) is 58.5 Å². The molecule has 1 aliphatic heterocycles. The molecule has 3 aromatic carbocycles. The van der Waals surface area contributed by atoms with Crippen molar-refractivity contribution in [3.05, 3.63) is 88.1 Å². The van der Waals surface area contributed by atoms with Gasteiger partial charge < -0.3 is 15.1 Å². The number of aromatic nitrogens is 1. The van der Waals surface area contributed by atoms with Crippen LogP contribution < -0.4 is 16.1 Å². The van der Waals surface area contributed by atoms with E-state index >= 15 is 0 Å². The van der Waals surface area contributed by atoms with Crippen LogP contribution in [0.3, 0.4) is 0 Å². The summed E-state index contributed by atoms with van der Waals surface area (Å²) in [6.07, 6.45) is 0. The Labute approximate surface area is 191 Å². The molecule has 5 rings (SSSR count). The van der Waals surface area contributed by atoms with Crippen LogP contribution in [0.5, 0.6) is 0 Å². The lowest BCUT2D eigenvalue weighted by molar-refractivity contribution is 0.613. The minimum Gasteiger partial charge on any atom is -0.453 e. The topological polar surface area (TPSA) is 72.4 Å². The minimum atomic E-state index is -0.0994. The van der Waals surface area contributed by atoms with Crippen molar-refractivity contribution in [2.24, 2.45) is 0 Å². The maximum atomic E-state index is 12.8. The maximum Gasteiger partial charge on any atom is 0.190 e. The third-order valence-corrected chi connectivity index (χ3v) is 5.80. The average molecular weight is 434 g/mol. The van der Waals surface area contributed by atoms with Crippen molar-refractivity contribution in [3.63, 3.8) is 0 Å². The molecule has 2 aliphatic rings. The Balaban J connectivity index is 1.66. The van der Waals surface area contributed by atoms with Gasteiger partial charge in [-0.3, -0.25) is 4.79 Å². The van der Waals surface area contributed by atoms with Gasteiger partial charge in [0.25, 0.3) is 0 Å². The summed E-state index contributed by atoms with van der Waals surface area (Å²) in [5, 5.41) is 1.33. The van der Waals surface area contributed by atoms with Crippen molar-refractivity contribution < 1.29 is 4.42 Å². The number of hydrogen-bond donors (Lipinski definition) is 1. The quantitative estimate of drug-likeness (QED) is 0.182. The average Bonchev–Trinajstić information content (AvgIpc) is 2.82. The van der Waals surface area contributed by atoms with Crippen LogP contribution in [0.2, 0.25) is 0 Å². The van der Waals surface area contributed by atoms with Crippen LogP contribution in [-0.4, -0.2) is 18.1 Å². The molecule has 0 bridgehead atoms. The molecule has 0 radical (unpaired) electrons. The summed E-state index contributed by atoms with van der Waals surface area (Å²) in [5.41, 5.74) is 11.2. The van der Waals surface area contributed by atoms with E-state index in [-0.39, 0.29) is 5.43 Å². The van der Waals surface area contributed by atoms with E-state index in [2.05, 4.69) is 36.7 Å². The largest absolute Gasteiger partial charge is 0.453 e. The highest BCUT2D eigenvalue weighted by Crippen LogP contribution is 2.32. The summed E-state index contributed by atoms with van der Waals surface area (Å²) in [5.74, 6) is 6.76. The molecule has 0 amide bonds. The van der Waals surface area contributed by atoms with E-state index in [4.69, 9.17) is 15.1 Å². The normalized spacial score (nSPS) is 11.0. The first-order valence-electron chi connectivity index (χ1n) is 11.0. The van der Waals surface area contributed by atoms with E-state index < -0.39 is 0 Å². The third-order valence-electron chi connectivity index (χ3n) is 5.80. The molecule has 2 N–H and O–H groups in total. The smallest absolute Gasteiger partial charge is 0.190 e. The van der Waals surface area contributed by atoms with E-state index in [9.17, 15) is 4.79 Å². The lowest BCUT2D eigenvalue weighted by Gasteiger charge is -2.21. The van der Waals surface area contributed by atoms with Crippen LogP contribution >= 0.6 is 0 Å². The SMILES string of the molecule is CCN(CC)c1ccc2nc3c4cc(C#Cc5cccc(N)c5)ccc4c(=O)cc-3oc2c1. The van der Waals surface area contributed by atoms with Crippen molar-refractivity contribution in [2.75, 3.05) is 23.7 Å². The molecule has 5 nitrogen and oxygen atoms in total. The fourth-order valence-electron chi connectivity index (χ4n) is 4.09. The highest BCUT2D eigenvalue weighted by molar-refractivity contribution is 5.97. The number of rotatable bonds is 3. The monoisotopic (exact) mass is 433 g/mol. The van der Waals surface area contributed by atoms with E-state index in [0.717, 1.165) is 40.8 Å². The Morgan fingerprint density at radius 2 is 1.70 bits per heavy atom. The molecule has 3 aromatic rings. The third kappa shape index (κ3) is 3.88. The van der Waals surface area contributed by atoms with Gasteiger partial charge in [0.2, 0.25) is 0 Å². The van der Waals surface area contributed by atoms with Gasteiger partial charge in [-0.05, 0) is 62.4 Å². The van der Waals surface area contributed by atoms with Crippen LogP contribution in [-0.2, 0) is 0 Å². The lowest BCUT2D eigenvalue weighted by Crippen LogP contribution is -2.21. The van der Waals surface area contributed by atoms with Crippen LogP contribution in [0.25, 0.3) is 33.3 Å². The second kappa shape index (κ2) is 8.33. The Kier molecular flexibility index (Phi) is 5.20. The predicted molar refractivity (Wildman–Crippen MR) is 135 cm³/mol. The van der Waals surface area contributed by atoms with Gasteiger partial charge in [0.1, 0.15) is 11.2 Å². The number of benzene rings is 4. The number of nitrogens with zero attached hydrogens (tertiary/aromatic N) is 2. The fourth-order valence-corrected chi connectivity index (χ4v) is 4.09. The molecule has 0 spiro atoms. The summed E-state index contributed by atoms with van der Waals surface area (Å²) >= 11 is 0. The Bertz CT molecular complexity index is 1590. The van der Waals surface area contributed by atoms with Gasteiger partial charge in [-0.15, -0.1) is 0 Å². The maximum absolute atomic E-state index is 12.8. The van der Waals surface area contributed by atoms with E-state index in [0.29, 0.717) is 28.1 Å². The molecule has 0 unspecified atom stereocenters. The number of hydrogen-bond acceptors (Lipinski definition) is 5. The first-order chi connectivity index (χ1) is 16.1. The minimum absolute atomic E-state index is 0.0994. The zero-order chi connectivity index (χ0) is 22.9. The first kappa shape index (κ1) is 20.6. The molecule has 33 heavy (non-hydrogen) atoms. The molecule has 1 aliphatic carbocycles. The summed E-state index contributed by atoms with van der Waals surface area (Å²) < 4.78 is 6.16. The number of nitrogens with two attached hydrogens (primary N) is 1. The summed E-state index contributed by atoms with van der Waals surface area (Å²) in [6, 6.07) is 20.5. The zero-order valence-corrected chi connectivity index (χ0v) is 18.6. The number of fused-ring (bicyclic) bond motifs is 4. The molecule has 5 heteroatoms. The number of nitrogen functional groups attached to an aromatic ring is 1. The molecule has 0 fully saturated rings. The van der Waals surface area contributed by atoms with Crippen molar-refractivity contribution >= 4 is 33.2 Å². The highest BCUT2D eigenvalue weighted by atomic mass is 16.3. The fraction of sp³-hybridized carbons (Fsp3) is 0.143. The van der Waals surface area contributed by atoms with Crippen molar-refractivity contribution in [3.8, 4) is 23.3 Å². The van der Waals surface area contributed by atoms with E-state index in [1.807, 2.05) is 48.5 Å². The molecular formula is C28H23N3O2. The van der Waals surface area contributed by atoms with Crippen molar-refractivity contribution in [1.29, 1.82) is 0 Å². The summed E-state index contributed by atoms with van der Waals surface area (Å²) in [4.78, 5) is 19.9. The van der Waals surface area contributed by atoms with Gasteiger partial charge in [0.05, 0.1) is 0 Å². The molecule has 0 aromatic heterocycles. The van der Waals surface area contributed by atoms with E-state index in [1.54, 1.807) is 6.07 Å². The number of anilines is 2. The van der Waals surface area contributed by atoms with Gasteiger partial charge in [-0.2, -0.15) is 0 Å². The Hall–Kier alpha value is -4.30. The summed E-state index contributed by atoms with van der Waals surface area (Å²) in [6.45, 7) is 6.04. The van der Waals surface area contributed by atoms with E-state index in [1.165, 1.54) is 6.07 Å². The molecule has 0 saturated carbocycles.